The zero-order valence-corrected chi connectivity index (χ0v) is 14.3. The molecular formula is C15H30N4O4. The van der Waals surface area contributed by atoms with Gasteiger partial charge in [0.15, 0.2) is 0 Å². The van der Waals surface area contributed by atoms with E-state index in [0.717, 1.165) is 25.7 Å². The zero-order chi connectivity index (χ0) is 17.7. The van der Waals surface area contributed by atoms with Gasteiger partial charge in [0.2, 0.25) is 11.8 Å². The molecule has 1 atom stereocenters. The van der Waals surface area contributed by atoms with Gasteiger partial charge in [-0.1, -0.05) is 26.7 Å². The van der Waals surface area contributed by atoms with E-state index in [4.69, 9.17) is 5.73 Å². The molecule has 134 valence electrons. The maximum atomic E-state index is 11.6. The largest absolute Gasteiger partial charge is 0.453 e. The molecule has 8 heteroatoms. The lowest BCUT2D eigenvalue weighted by atomic mass is 10.1. The summed E-state index contributed by atoms with van der Waals surface area (Å²) >= 11 is 0. The fraction of sp³-hybridized carbons (Fsp3) is 0.800. The van der Waals surface area contributed by atoms with E-state index < -0.39 is 12.1 Å². The van der Waals surface area contributed by atoms with Gasteiger partial charge in [0.1, 0.15) is 0 Å². The number of methoxy groups -OCH3 is 1. The predicted molar refractivity (Wildman–Crippen MR) is 87.7 cm³/mol. The van der Waals surface area contributed by atoms with Gasteiger partial charge in [0.25, 0.3) is 0 Å². The van der Waals surface area contributed by atoms with E-state index >= 15 is 0 Å². The van der Waals surface area contributed by atoms with Crippen molar-refractivity contribution in [3.05, 3.63) is 0 Å². The van der Waals surface area contributed by atoms with Crippen LogP contribution in [0.15, 0.2) is 0 Å². The molecule has 0 unspecified atom stereocenters. The first-order valence-corrected chi connectivity index (χ1v) is 8.00. The van der Waals surface area contributed by atoms with Crippen LogP contribution in [0.5, 0.6) is 0 Å². The smallest absolute Gasteiger partial charge is 0.406 e. The van der Waals surface area contributed by atoms with Crippen LogP contribution in [0, 0.1) is 5.92 Å². The standard InChI is InChI=1S/C15H30N4O4/c1-11(2)13(16)14(21)19-10-12(20)17-8-6-4-5-7-9-18-15(22)23-3/h11,13H,4-10,16H2,1-3H3,(H,17,20)(H,18,22)(H,19,21)/t13-/m0/s1. The van der Waals surface area contributed by atoms with Crippen molar-refractivity contribution in [3.8, 4) is 0 Å². The number of unbranched alkanes of at least 4 members (excludes halogenated alkanes) is 3. The van der Waals surface area contributed by atoms with Crippen molar-refractivity contribution >= 4 is 17.9 Å². The summed E-state index contributed by atoms with van der Waals surface area (Å²) < 4.78 is 4.45. The van der Waals surface area contributed by atoms with Crippen molar-refractivity contribution in [1.29, 1.82) is 0 Å². The molecule has 0 saturated carbocycles. The SMILES string of the molecule is COC(=O)NCCCCCCNC(=O)CNC(=O)[C@@H](N)C(C)C. The Balaban J connectivity index is 3.50. The number of nitrogens with two attached hydrogens (primary N) is 1. The van der Waals surface area contributed by atoms with E-state index in [2.05, 4.69) is 20.7 Å². The summed E-state index contributed by atoms with van der Waals surface area (Å²) in [4.78, 5) is 33.9. The Morgan fingerprint density at radius 3 is 2.04 bits per heavy atom. The number of amides is 3. The van der Waals surface area contributed by atoms with Crippen molar-refractivity contribution in [1.82, 2.24) is 16.0 Å². The fourth-order valence-corrected chi connectivity index (χ4v) is 1.74. The highest BCUT2D eigenvalue weighted by molar-refractivity contribution is 5.87. The summed E-state index contributed by atoms with van der Waals surface area (Å²) in [6, 6.07) is -0.596. The lowest BCUT2D eigenvalue weighted by Gasteiger charge is -2.15. The summed E-state index contributed by atoms with van der Waals surface area (Å²) in [5.41, 5.74) is 5.68. The second-order valence-electron chi connectivity index (χ2n) is 5.67. The Hall–Kier alpha value is -1.83. The molecule has 23 heavy (non-hydrogen) atoms. The van der Waals surface area contributed by atoms with E-state index in [9.17, 15) is 14.4 Å². The van der Waals surface area contributed by atoms with Crippen LogP contribution >= 0.6 is 0 Å². The van der Waals surface area contributed by atoms with Crippen LogP contribution < -0.4 is 21.7 Å². The molecule has 0 radical (unpaired) electrons. The lowest BCUT2D eigenvalue weighted by Crippen LogP contribution is -2.47. The van der Waals surface area contributed by atoms with Gasteiger partial charge in [0.05, 0.1) is 19.7 Å². The zero-order valence-electron chi connectivity index (χ0n) is 14.3. The molecule has 0 rings (SSSR count). The van der Waals surface area contributed by atoms with E-state index in [1.165, 1.54) is 7.11 Å². The molecule has 5 N–H and O–H groups in total. The van der Waals surface area contributed by atoms with Gasteiger partial charge in [-0.3, -0.25) is 9.59 Å². The van der Waals surface area contributed by atoms with Crippen LogP contribution in [0.4, 0.5) is 4.79 Å². The molecule has 0 aromatic carbocycles. The molecule has 3 amide bonds. The van der Waals surface area contributed by atoms with Crippen LogP contribution in [0.1, 0.15) is 39.5 Å². The number of nitrogens with one attached hydrogen (secondary N) is 3. The number of carbonyl (C=O) groups is 3. The van der Waals surface area contributed by atoms with Crippen molar-refractivity contribution in [2.45, 2.75) is 45.6 Å². The monoisotopic (exact) mass is 330 g/mol. The fourth-order valence-electron chi connectivity index (χ4n) is 1.74. The Morgan fingerprint density at radius 2 is 1.52 bits per heavy atom. The summed E-state index contributed by atoms with van der Waals surface area (Å²) in [5, 5.41) is 7.87. The Morgan fingerprint density at radius 1 is 0.957 bits per heavy atom. The van der Waals surface area contributed by atoms with Crippen LogP contribution in [-0.2, 0) is 14.3 Å². The molecule has 0 aliphatic heterocycles. The predicted octanol–water partition coefficient (Wildman–Crippen LogP) is 0.119. The molecule has 0 bridgehead atoms. The summed E-state index contributed by atoms with van der Waals surface area (Å²) in [5.74, 6) is -0.498. The lowest BCUT2D eigenvalue weighted by molar-refractivity contribution is -0.127. The van der Waals surface area contributed by atoms with Crippen LogP contribution in [0.3, 0.4) is 0 Å². The van der Waals surface area contributed by atoms with Gasteiger partial charge in [-0.15, -0.1) is 0 Å². The number of rotatable bonds is 11. The van der Waals surface area contributed by atoms with Crippen molar-refractivity contribution in [3.63, 3.8) is 0 Å². The first-order chi connectivity index (χ1) is 10.9. The summed E-state index contributed by atoms with van der Waals surface area (Å²) in [7, 11) is 1.33. The normalized spacial score (nSPS) is 11.7. The average molecular weight is 330 g/mol. The molecule has 0 heterocycles. The molecule has 8 nitrogen and oxygen atoms in total. The van der Waals surface area contributed by atoms with Crippen molar-refractivity contribution in [2.24, 2.45) is 11.7 Å². The van der Waals surface area contributed by atoms with Gasteiger partial charge >= 0.3 is 6.09 Å². The maximum Gasteiger partial charge on any atom is 0.406 e. The molecule has 0 aliphatic carbocycles. The van der Waals surface area contributed by atoms with Crippen LogP contribution in [0.25, 0.3) is 0 Å². The first kappa shape index (κ1) is 21.2. The van der Waals surface area contributed by atoms with Gasteiger partial charge in [-0.25, -0.2) is 4.79 Å². The van der Waals surface area contributed by atoms with Gasteiger partial charge in [0, 0.05) is 13.1 Å². The second kappa shape index (κ2) is 12.7. The van der Waals surface area contributed by atoms with E-state index in [1.54, 1.807) is 0 Å². The highest BCUT2D eigenvalue weighted by Crippen LogP contribution is 1.98. The third-order valence-electron chi connectivity index (χ3n) is 3.32. The molecule has 0 spiro atoms. The maximum absolute atomic E-state index is 11.6. The van der Waals surface area contributed by atoms with Crippen LogP contribution in [0.2, 0.25) is 0 Å². The molecule has 0 aliphatic rings. The summed E-state index contributed by atoms with van der Waals surface area (Å²) in [6.45, 7) is 4.80. The average Bonchev–Trinajstić information content (AvgIpc) is 2.53. The van der Waals surface area contributed by atoms with Gasteiger partial charge < -0.3 is 26.4 Å². The second-order valence-corrected chi connectivity index (χ2v) is 5.67. The number of alkyl carbamates (subject to hydrolysis) is 1. The van der Waals surface area contributed by atoms with Crippen LogP contribution in [-0.4, -0.2) is 50.7 Å². The number of ether oxygens (including phenoxy) is 1. The number of hydrogen-bond donors (Lipinski definition) is 4. The van der Waals surface area contributed by atoms with Gasteiger partial charge in [-0.05, 0) is 18.8 Å². The minimum absolute atomic E-state index is 0.0340. The first-order valence-electron chi connectivity index (χ1n) is 8.00. The summed E-state index contributed by atoms with van der Waals surface area (Å²) in [6.07, 6.45) is 3.21. The van der Waals surface area contributed by atoms with Crippen molar-refractivity contribution < 1.29 is 19.1 Å². The molecular weight excluding hydrogens is 300 g/mol. The van der Waals surface area contributed by atoms with Gasteiger partial charge in [-0.2, -0.15) is 0 Å². The Kier molecular flexibility index (Phi) is 11.7. The molecule has 0 aromatic rings. The minimum Gasteiger partial charge on any atom is -0.453 e. The third kappa shape index (κ3) is 11.4. The molecule has 0 fully saturated rings. The molecule has 0 saturated heterocycles. The Bertz CT molecular complexity index is 374. The third-order valence-corrected chi connectivity index (χ3v) is 3.32. The highest BCUT2D eigenvalue weighted by Gasteiger charge is 2.17. The molecule has 0 aromatic heterocycles. The Labute approximate surface area is 137 Å². The minimum atomic E-state index is -0.596. The quantitative estimate of drug-likeness (QED) is 0.401. The number of hydrogen-bond acceptors (Lipinski definition) is 5. The van der Waals surface area contributed by atoms with E-state index in [0.29, 0.717) is 13.1 Å². The number of carbonyl (C=O) groups excluding carboxylic acids is 3. The highest BCUT2D eigenvalue weighted by atomic mass is 16.5. The van der Waals surface area contributed by atoms with Crippen molar-refractivity contribution in [2.75, 3.05) is 26.7 Å². The topological polar surface area (TPSA) is 123 Å². The van der Waals surface area contributed by atoms with E-state index in [1.807, 2.05) is 13.8 Å². The van der Waals surface area contributed by atoms with E-state index in [-0.39, 0.29) is 24.3 Å².